The van der Waals surface area contributed by atoms with Crippen molar-refractivity contribution >= 4 is 40.1 Å². The van der Waals surface area contributed by atoms with Crippen molar-refractivity contribution in [2.75, 3.05) is 19.7 Å². The number of rotatable bonds is 6. The molecular weight excluding hydrogens is 441 g/mol. The summed E-state index contributed by atoms with van der Waals surface area (Å²) >= 11 is 12.6. The first-order chi connectivity index (χ1) is 14.8. The highest BCUT2D eigenvalue weighted by Crippen LogP contribution is 2.36. The number of carboxylic acid groups (broad SMARTS) is 1. The van der Waals surface area contributed by atoms with Crippen LogP contribution in [0.2, 0.25) is 10.0 Å². The van der Waals surface area contributed by atoms with Gasteiger partial charge < -0.3 is 14.3 Å². The standard InChI is InChI=1S/C23H21Cl2NO5/c1-13-10-15(21-12-19(27)14-4-2-5-16(24)22(14)31-21)20(11-17(13)25)30-9-8-26-7-3-6-18(26)23(28)29/h2,4-5,10-12,18H,3,6-9H2,1H3,(H,28,29). The van der Waals surface area contributed by atoms with E-state index in [1.54, 1.807) is 30.3 Å². The third kappa shape index (κ3) is 4.42. The van der Waals surface area contributed by atoms with Gasteiger partial charge in [0.25, 0.3) is 0 Å². The van der Waals surface area contributed by atoms with E-state index in [1.165, 1.54) is 6.07 Å². The molecule has 1 aromatic heterocycles. The fraction of sp³-hybridized carbons (Fsp3) is 0.304. The van der Waals surface area contributed by atoms with Crippen LogP contribution in [-0.2, 0) is 4.79 Å². The lowest BCUT2D eigenvalue weighted by molar-refractivity contribution is -0.142. The van der Waals surface area contributed by atoms with Crippen LogP contribution in [0.5, 0.6) is 5.75 Å². The Bertz CT molecular complexity index is 1210. The molecule has 1 N–H and O–H groups in total. The van der Waals surface area contributed by atoms with E-state index in [0.717, 1.165) is 18.5 Å². The van der Waals surface area contributed by atoms with Gasteiger partial charge in [-0.15, -0.1) is 0 Å². The molecule has 8 heteroatoms. The summed E-state index contributed by atoms with van der Waals surface area (Å²) in [7, 11) is 0. The average molecular weight is 462 g/mol. The Balaban J connectivity index is 1.65. The zero-order chi connectivity index (χ0) is 22.1. The SMILES string of the molecule is Cc1cc(-c2cc(=O)c3cccc(Cl)c3o2)c(OCCN2CCCC2C(=O)O)cc1Cl. The van der Waals surface area contributed by atoms with Crippen molar-refractivity contribution in [3.8, 4) is 17.1 Å². The molecule has 2 heterocycles. The van der Waals surface area contributed by atoms with E-state index in [0.29, 0.717) is 51.1 Å². The molecule has 1 atom stereocenters. The minimum Gasteiger partial charge on any atom is -0.491 e. The van der Waals surface area contributed by atoms with Crippen molar-refractivity contribution in [1.29, 1.82) is 0 Å². The molecule has 4 rings (SSSR count). The molecular formula is C23H21Cl2NO5. The monoisotopic (exact) mass is 461 g/mol. The maximum atomic E-state index is 12.6. The predicted octanol–water partition coefficient (Wildman–Crippen LogP) is 5.00. The van der Waals surface area contributed by atoms with Gasteiger partial charge in [0.15, 0.2) is 11.0 Å². The summed E-state index contributed by atoms with van der Waals surface area (Å²) in [6, 6.07) is 9.44. The normalized spacial score (nSPS) is 16.7. The summed E-state index contributed by atoms with van der Waals surface area (Å²) in [5.41, 5.74) is 1.48. The first-order valence-electron chi connectivity index (χ1n) is 9.97. The van der Waals surface area contributed by atoms with Crippen LogP contribution in [0.25, 0.3) is 22.3 Å². The molecule has 2 aromatic carbocycles. The molecule has 0 amide bonds. The van der Waals surface area contributed by atoms with Crippen LogP contribution in [-0.4, -0.2) is 41.7 Å². The van der Waals surface area contributed by atoms with E-state index >= 15 is 0 Å². The lowest BCUT2D eigenvalue weighted by atomic mass is 10.1. The van der Waals surface area contributed by atoms with Gasteiger partial charge in [-0.1, -0.05) is 29.3 Å². The molecule has 0 radical (unpaired) electrons. The quantitative estimate of drug-likeness (QED) is 0.555. The molecule has 1 aliphatic heterocycles. The summed E-state index contributed by atoms with van der Waals surface area (Å²) in [5.74, 6) is -0.0347. The van der Waals surface area contributed by atoms with Gasteiger partial charge in [0, 0.05) is 17.6 Å². The van der Waals surface area contributed by atoms with Gasteiger partial charge >= 0.3 is 5.97 Å². The van der Waals surface area contributed by atoms with Crippen LogP contribution in [0.1, 0.15) is 18.4 Å². The minimum absolute atomic E-state index is 0.210. The highest BCUT2D eigenvalue weighted by molar-refractivity contribution is 6.34. The Labute approximate surface area is 188 Å². The Morgan fingerprint density at radius 2 is 2.06 bits per heavy atom. The molecule has 6 nitrogen and oxygen atoms in total. The molecule has 3 aromatic rings. The number of para-hydroxylation sites is 1. The van der Waals surface area contributed by atoms with Crippen molar-refractivity contribution in [3.05, 3.63) is 62.2 Å². The van der Waals surface area contributed by atoms with E-state index in [4.69, 9.17) is 32.4 Å². The fourth-order valence-corrected chi connectivity index (χ4v) is 4.26. The first-order valence-corrected chi connectivity index (χ1v) is 10.7. The van der Waals surface area contributed by atoms with Gasteiger partial charge in [-0.05, 0) is 56.1 Å². The summed E-state index contributed by atoms with van der Waals surface area (Å²) in [6.45, 7) is 3.31. The molecule has 1 fully saturated rings. The summed E-state index contributed by atoms with van der Waals surface area (Å²) in [5, 5.41) is 10.6. The average Bonchev–Trinajstić information content (AvgIpc) is 3.20. The lowest BCUT2D eigenvalue weighted by Crippen LogP contribution is -2.38. The number of aryl methyl sites for hydroxylation is 1. The number of ether oxygens (including phenoxy) is 1. The minimum atomic E-state index is -0.814. The number of hydrogen-bond acceptors (Lipinski definition) is 5. The van der Waals surface area contributed by atoms with Crippen molar-refractivity contribution < 1.29 is 19.1 Å². The largest absolute Gasteiger partial charge is 0.491 e. The van der Waals surface area contributed by atoms with Crippen molar-refractivity contribution in [1.82, 2.24) is 4.90 Å². The van der Waals surface area contributed by atoms with Crippen molar-refractivity contribution in [2.45, 2.75) is 25.8 Å². The fourth-order valence-electron chi connectivity index (χ4n) is 3.90. The van der Waals surface area contributed by atoms with Gasteiger partial charge in [0.1, 0.15) is 24.2 Å². The number of hydrogen-bond donors (Lipinski definition) is 1. The van der Waals surface area contributed by atoms with E-state index < -0.39 is 12.0 Å². The second-order valence-electron chi connectivity index (χ2n) is 7.57. The number of carboxylic acids is 1. The number of aliphatic carboxylic acids is 1. The molecule has 0 aliphatic carbocycles. The molecule has 162 valence electrons. The van der Waals surface area contributed by atoms with Crippen LogP contribution >= 0.6 is 23.2 Å². The molecule has 31 heavy (non-hydrogen) atoms. The number of nitrogens with zero attached hydrogens (tertiary/aromatic N) is 1. The molecule has 0 spiro atoms. The molecule has 1 aliphatic rings. The number of carbonyl (C=O) groups is 1. The maximum absolute atomic E-state index is 12.6. The second-order valence-corrected chi connectivity index (χ2v) is 8.38. The van der Waals surface area contributed by atoms with E-state index in [1.807, 2.05) is 11.8 Å². The van der Waals surface area contributed by atoms with E-state index in [-0.39, 0.29) is 12.0 Å². The second kappa shape index (κ2) is 8.91. The first kappa shape index (κ1) is 21.7. The summed E-state index contributed by atoms with van der Waals surface area (Å²) < 4.78 is 12.0. The zero-order valence-corrected chi connectivity index (χ0v) is 18.4. The third-order valence-corrected chi connectivity index (χ3v) is 6.22. The highest BCUT2D eigenvalue weighted by Gasteiger charge is 2.30. The third-order valence-electron chi connectivity index (χ3n) is 5.52. The van der Waals surface area contributed by atoms with E-state index in [2.05, 4.69) is 0 Å². The lowest BCUT2D eigenvalue weighted by Gasteiger charge is -2.21. The van der Waals surface area contributed by atoms with Gasteiger partial charge in [-0.3, -0.25) is 14.5 Å². The van der Waals surface area contributed by atoms with Crippen LogP contribution in [0.3, 0.4) is 0 Å². The molecule has 0 bridgehead atoms. The molecule has 1 unspecified atom stereocenters. The Morgan fingerprint density at radius 1 is 1.26 bits per heavy atom. The van der Waals surface area contributed by atoms with Crippen LogP contribution in [0.4, 0.5) is 0 Å². The number of fused-ring (bicyclic) bond motifs is 1. The Morgan fingerprint density at radius 3 is 2.84 bits per heavy atom. The molecule has 1 saturated heterocycles. The number of halogens is 2. The van der Waals surface area contributed by atoms with Gasteiger partial charge in [-0.2, -0.15) is 0 Å². The highest BCUT2D eigenvalue weighted by atomic mass is 35.5. The van der Waals surface area contributed by atoms with Gasteiger partial charge in [0.2, 0.25) is 0 Å². The Hall–Kier alpha value is -2.54. The predicted molar refractivity (Wildman–Crippen MR) is 120 cm³/mol. The zero-order valence-electron chi connectivity index (χ0n) is 16.9. The molecule has 0 saturated carbocycles. The van der Waals surface area contributed by atoms with E-state index in [9.17, 15) is 14.7 Å². The van der Waals surface area contributed by atoms with Crippen molar-refractivity contribution in [3.63, 3.8) is 0 Å². The topological polar surface area (TPSA) is 80.0 Å². The smallest absolute Gasteiger partial charge is 0.320 e. The van der Waals surface area contributed by atoms with Crippen LogP contribution in [0, 0.1) is 6.92 Å². The van der Waals surface area contributed by atoms with Crippen molar-refractivity contribution in [2.24, 2.45) is 0 Å². The Kier molecular flexibility index (Phi) is 6.23. The number of benzene rings is 2. The van der Waals surface area contributed by atoms with Gasteiger partial charge in [0.05, 0.1) is 16.0 Å². The summed E-state index contributed by atoms with van der Waals surface area (Å²) in [4.78, 5) is 25.9. The van der Waals surface area contributed by atoms with Gasteiger partial charge in [-0.25, -0.2) is 0 Å². The summed E-state index contributed by atoms with van der Waals surface area (Å²) in [6.07, 6.45) is 1.49. The maximum Gasteiger partial charge on any atom is 0.320 e. The van der Waals surface area contributed by atoms with Crippen LogP contribution < -0.4 is 10.2 Å². The van der Waals surface area contributed by atoms with Crippen LogP contribution in [0.15, 0.2) is 45.6 Å². The number of likely N-dealkylation sites (tertiary alicyclic amines) is 1.